The van der Waals surface area contributed by atoms with E-state index in [4.69, 9.17) is 4.74 Å². The van der Waals surface area contributed by atoms with Gasteiger partial charge in [-0.1, -0.05) is 18.9 Å². The Morgan fingerprint density at radius 2 is 2.24 bits per heavy atom. The summed E-state index contributed by atoms with van der Waals surface area (Å²) in [5.41, 5.74) is 1.16. The topological polar surface area (TPSA) is 34.2 Å². The number of hydrogen-bond donors (Lipinski definition) is 1. The van der Waals surface area contributed by atoms with Gasteiger partial charge in [-0.25, -0.2) is 4.98 Å². The quantitative estimate of drug-likeness (QED) is 0.820. The molecule has 1 N–H and O–H groups in total. The lowest BCUT2D eigenvalue weighted by Gasteiger charge is -2.12. The fourth-order valence-electron chi connectivity index (χ4n) is 2.39. The van der Waals surface area contributed by atoms with E-state index in [-0.39, 0.29) is 0 Å². The number of nitrogens with one attached hydrogen (secondary N) is 1. The lowest BCUT2D eigenvalue weighted by molar-refractivity contribution is 0.0890. The number of ether oxygens (including phenoxy) is 1. The molecule has 3 nitrogen and oxygen atoms in total. The third kappa shape index (κ3) is 3.70. The number of nitrogens with zero attached hydrogens (tertiary/aromatic N) is 1. The lowest BCUT2D eigenvalue weighted by atomic mass is 10.1. The van der Waals surface area contributed by atoms with Crippen molar-refractivity contribution in [1.82, 2.24) is 4.98 Å². The number of aromatic nitrogens is 1. The van der Waals surface area contributed by atoms with Gasteiger partial charge in [-0.05, 0) is 31.7 Å². The number of rotatable bonds is 6. The molecule has 1 saturated carbocycles. The van der Waals surface area contributed by atoms with Crippen molar-refractivity contribution in [2.45, 2.75) is 39.2 Å². The van der Waals surface area contributed by atoms with Crippen molar-refractivity contribution in [3.05, 3.63) is 23.9 Å². The maximum Gasteiger partial charge on any atom is 0.131 e. The van der Waals surface area contributed by atoms with Gasteiger partial charge in [-0.2, -0.15) is 0 Å². The van der Waals surface area contributed by atoms with Crippen molar-refractivity contribution in [1.29, 1.82) is 0 Å². The molecule has 1 fully saturated rings. The van der Waals surface area contributed by atoms with Gasteiger partial charge in [0.1, 0.15) is 5.82 Å². The first kappa shape index (κ1) is 12.4. The average Bonchev–Trinajstić information content (AvgIpc) is 2.85. The molecule has 2 rings (SSSR count). The van der Waals surface area contributed by atoms with Crippen LogP contribution in [-0.2, 0) is 11.3 Å². The van der Waals surface area contributed by atoms with Gasteiger partial charge in [0.15, 0.2) is 0 Å². The summed E-state index contributed by atoms with van der Waals surface area (Å²) in [5, 5.41) is 3.26. The molecule has 1 aromatic rings. The summed E-state index contributed by atoms with van der Waals surface area (Å²) in [6.07, 6.45) is 7.26. The average molecular weight is 234 g/mol. The minimum absolute atomic E-state index is 0.673. The molecule has 0 aliphatic heterocycles. The van der Waals surface area contributed by atoms with E-state index < -0.39 is 0 Å². The van der Waals surface area contributed by atoms with Crippen LogP contribution in [0.25, 0.3) is 0 Å². The molecule has 0 radical (unpaired) electrons. The third-order valence-electron chi connectivity index (χ3n) is 3.32. The van der Waals surface area contributed by atoms with Gasteiger partial charge in [0, 0.05) is 24.9 Å². The van der Waals surface area contributed by atoms with Crippen LogP contribution < -0.4 is 5.32 Å². The Kier molecular flexibility index (Phi) is 4.80. The van der Waals surface area contributed by atoms with Gasteiger partial charge >= 0.3 is 0 Å². The molecule has 94 valence electrons. The second-order valence-electron chi connectivity index (χ2n) is 4.71. The van der Waals surface area contributed by atoms with E-state index in [9.17, 15) is 0 Å². The Morgan fingerprint density at radius 3 is 3.00 bits per heavy atom. The highest BCUT2D eigenvalue weighted by atomic mass is 16.5. The molecule has 17 heavy (non-hydrogen) atoms. The molecule has 0 atom stereocenters. The van der Waals surface area contributed by atoms with Crippen LogP contribution in [0.4, 0.5) is 5.82 Å². The van der Waals surface area contributed by atoms with Gasteiger partial charge in [0.05, 0.1) is 6.61 Å². The Labute approximate surface area is 104 Å². The van der Waals surface area contributed by atoms with Crippen LogP contribution in [0.3, 0.4) is 0 Å². The summed E-state index contributed by atoms with van der Waals surface area (Å²) in [7, 11) is 0. The van der Waals surface area contributed by atoms with Crippen molar-refractivity contribution >= 4 is 5.82 Å². The van der Waals surface area contributed by atoms with E-state index in [2.05, 4.69) is 23.3 Å². The zero-order valence-electron chi connectivity index (χ0n) is 10.6. The standard InChI is InChI=1S/C14H22N2O/c1-2-15-14-13(8-5-9-16-14)11-17-10-12-6-3-4-7-12/h5,8-9,12H,2-4,6-7,10-11H2,1H3,(H,15,16). The van der Waals surface area contributed by atoms with E-state index in [1.807, 2.05) is 12.3 Å². The van der Waals surface area contributed by atoms with E-state index in [1.165, 1.54) is 25.7 Å². The molecule has 1 heterocycles. The van der Waals surface area contributed by atoms with Gasteiger partial charge in [-0.15, -0.1) is 0 Å². The van der Waals surface area contributed by atoms with E-state index in [0.29, 0.717) is 6.61 Å². The SMILES string of the molecule is CCNc1ncccc1COCC1CCCC1. The van der Waals surface area contributed by atoms with Crippen LogP contribution in [0, 0.1) is 5.92 Å². The lowest BCUT2D eigenvalue weighted by Crippen LogP contribution is -2.08. The maximum absolute atomic E-state index is 5.81. The summed E-state index contributed by atoms with van der Waals surface area (Å²) < 4.78 is 5.81. The summed E-state index contributed by atoms with van der Waals surface area (Å²) in [4.78, 5) is 4.33. The minimum atomic E-state index is 0.673. The summed E-state index contributed by atoms with van der Waals surface area (Å²) >= 11 is 0. The van der Waals surface area contributed by atoms with Crippen molar-refractivity contribution in [3.8, 4) is 0 Å². The highest BCUT2D eigenvalue weighted by molar-refractivity contribution is 5.42. The third-order valence-corrected chi connectivity index (χ3v) is 3.32. The van der Waals surface area contributed by atoms with E-state index in [1.54, 1.807) is 0 Å². The Morgan fingerprint density at radius 1 is 1.41 bits per heavy atom. The van der Waals surface area contributed by atoms with Gasteiger partial charge < -0.3 is 10.1 Å². The first-order valence-corrected chi connectivity index (χ1v) is 6.65. The van der Waals surface area contributed by atoms with Gasteiger partial charge in [0.2, 0.25) is 0 Å². The Balaban J connectivity index is 1.80. The predicted molar refractivity (Wildman–Crippen MR) is 70.0 cm³/mol. The normalized spacial score (nSPS) is 16.3. The number of pyridine rings is 1. The summed E-state index contributed by atoms with van der Waals surface area (Å²) in [5.74, 6) is 1.75. The maximum atomic E-state index is 5.81. The first-order valence-electron chi connectivity index (χ1n) is 6.65. The molecule has 0 unspecified atom stereocenters. The second kappa shape index (κ2) is 6.60. The molecule has 3 heteroatoms. The monoisotopic (exact) mass is 234 g/mol. The highest BCUT2D eigenvalue weighted by Gasteiger charge is 2.15. The zero-order valence-corrected chi connectivity index (χ0v) is 10.6. The van der Waals surface area contributed by atoms with Crippen molar-refractivity contribution < 1.29 is 4.74 Å². The van der Waals surface area contributed by atoms with Crippen LogP contribution in [0.5, 0.6) is 0 Å². The Bertz CT molecular complexity index is 335. The molecule has 0 saturated heterocycles. The van der Waals surface area contributed by atoms with Crippen LogP contribution in [0.2, 0.25) is 0 Å². The van der Waals surface area contributed by atoms with E-state index in [0.717, 1.165) is 30.5 Å². The molecule has 0 amide bonds. The van der Waals surface area contributed by atoms with Crippen LogP contribution in [0.1, 0.15) is 38.2 Å². The molecule has 0 bridgehead atoms. The highest BCUT2D eigenvalue weighted by Crippen LogP contribution is 2.25. The molecule has 1 aromatic heterocycles. The zero-order chi connectivity index (χ0) is 11.9. The smallest absolute Gasteiger partial charge is 0.131 e. The number of anilines is 1. The van der Waals surface area contributed by atoms with Crippen molar-refractivity contribution in [2.75, 3.05) is 18.5 Å². The molecule has 0 spiro atoms. The molecule has 1 aliphatic rings. The fraction of sp³-hybridized carbons (Fsp3) is 0.643. The molecular formula is C14H22N2O. The fourth-order valence-corrected chi connectivity index (χ4v) is 2.39. The largest absolute Gasteiger partial charge is 0.376 e. The van der Waals surface area contributed by atoms with E-state index >= 15 is 0 Å². The number of hydrogen-bond acceptors (Lipinski definition) is 3. The summed E-state index contributed by atoms with van der Waals surface area (Å²) in [6, 6.07) is 4.05. The molecule has 1 aliphatic carbocycles. The first-order chi connectivity index (χ1) is 8.40. The van der Waals surface area contributed by atoms with Crippen LogP contribution in [-0.4, -0.2) is 18.1 Å². The predicted octanol–water partition coefficient (Wildman–Crippen LogP) is 3.22. The van der Waals surface area contributed by atoms with Crippen LogP contribution >= 0.6 is 0 Å². The molecular weight excluding hydrogens is 212 g/mol. The summed E-state index contributed by atoms with van der Waals surface area (Å²) in [6.45, 7) is 4.55. The van der Waals surface area contributed by atoms with Gasteiger partial charge in [0.25, 0.3) is 0 Å². The van der Waals surface area contributed by atoms with Crippen LogP contribution in [0.15, 0.2) is 18.3 Å². The van der Waals surface area contributed by atoms with Crippen molar-refractivity contribution in [3.63, 3.8) is 0 Å². The van der Waals surface area contributed by atoms with Gasteiger partial charge in [-0.3, -0.25) is 0 Å². The second-order valence-corrected chi connectivity index (χ2v) is 4.71. The molecule has 0 aromatic carbocycles. The Hall–Kier alpha value is -1.09. The minimum Gasteiger partial charge on any atom is -0.376 e. The van der Waals surface area contributed by atoms with Crippen molar-refractivity contribution in [2.24, 2.45) is 5.92 Å².